The Kier molecular flexibility index (Phi) is 3.13. The average Bonchev–Trinajstić information content (AvgIpc) is 2.92. The lowest BCUT2D eigenvalue weighted by Crippen LogP contribution is -2.18. The minimum absolute atomic E-state index is 0.292. The zero-order chi connectivity index (χ0) is 14.2. The van der Waals surface area contributed by atoms with Crippen molar-refractivity contribution in [2.75, 3.05) is 0 Å². The van der Waals surface area contributed by atoms with Crippen molar-refractivity contribution in [1.82, 2.24) is 9.78 Å². The van der Waals surface area contributed by atoms with E-state index in [1.54, 1.807) is 0 Å². The molecule has 1 aromatic carbocycles. The van der Waals surface area contributed by atoms with E-state index in [4.69, 9.17) is 0 Å². The molecule has 4 rings (SSSR count). The lowest BCUT2D eigenvalue weighted by Gasteiger charge is -2.24. The van der Waals surface area contributed by atoms with E-state index in [2.05, 4.69) is 34.2 Å². The molecule has 3 nitrogen and oxygen atoms in total. The van der Waals surface area contributed by atoms with Crippen molar-refractivity contribution in [1.29, 1.82) is 0 Å². The molecule has 0 radical (unpaired) electrons. The number of rotatable bonds is 3. The summed E-state index contributed by atoms with van der Waals surface area (Å²) in [5, 5.41) is 4.48. The Morgan fingerprint density at radius 1 is 1.14 bits per heavy atom. The monoisotopic (exact) mass is 280 g/mol. The van der Waals surface area contributed by atoms with E-state index < -0.39 is 0 Å². The third kappa shape index (κ3) is 2.41. The van der Waals surface area contributed by atoms with Crippen LogP contribution >= 0.6 is 0 Å². The molecule has 1 aromatic heterocycles. The summed E-state index contributed by atoms with van der Waals surface area (Å²) in [6.07, 6.45) is 10.8. The van der Waals surface area contributed by atoms with Crippen LogP contribution in [-0.2, 0) is 13.0 Å². The molecule has 0 amide bonds. The number of ketones is 1. The van der Waals surface area contributed by atoms with Crippen LogP contribution in [-0.4, -0.2) is 15.6 Å². The SMILES string of the molecule is O=C1CCCc2ccc(-c3cnn(CC4CCC4)c3)cc21. The number of carbonyl (C=O) groups excluding carboxylic acids is 1. The zero-order valence-electron chi connectivity index (χ0n) is 12.2. The van der Waals surface area contributed by atoms with Gasteiger partial charge in [0.2, 0.25) is 0 Å². The second kappa shape index (κ2) is 5.14. The van der Waals surface area contributed by atoms with E-state index in [-0.39, 0.29) is 0 Å². The maximum atomic E-state index is 12.0. The molecule has 0 aliphatic heterocycles. The van der Waals surface area contributed by atoms with Crippen molar-refractivity contribution in [2.24, 2.45) is 5.92 Å². The van der Waals surface area contributed by atoms with Gasteiger partial charge in [-0.2, -0.15) is 5.10 Å². The van der Waals surface area contributed by atoms with Crippen LogP contribution in [0.5, 0.6) is 0 Å². The predicted octanol–water partition coefficient (Wildman–Crippen LogP) is 3.87. The van der Waals surface area contributed by atoms with Crippen molar-refractivity contribution in [3.63, 3.8) is 0 Å². The van der Waals surface area contributed by atoms with E-state index in [0.717, 1.165) is 42.0 Å². The van der Waals surface area contributed by atoms with Crippen LogP contribution in [0, 0.1) is 5.92 Å². The molecule has 0 unspecified atom stereocenters. The fraction of sp³-hybridized carbons (Fsp3) is 0.444. The van der Waals surface area contributed by atoms with Gasteiger partial charge in [0, 0.05) is 30.3 Å². The van der Waals surface area contributed by atoms with Gasteiger partial charge < -0.3 is 0 Å². The molecule has 1 fully saturated rings. The Labute approximate surface area is 125 Å². The Morgan fingerprint density at radius 2 is 2.05 bits per heavy atom. The molecule has 21 heavy (non-hydrogen) atoms. The molecule has 0 atom stereocenters. The molecule has 0 bridgehead atoms. The molecule has 0 N–H and O–H groups in total. The number of Topliss-reactive ketones (excluding diaryl/α,β-unsaturated/α-hetero) is 1. The zero-order valence-corrected chi connectivity index (χ0v) is 12.2. The molecule has 2 aliphatic carbocycles. The summed E-state index contributed by atoms with van der Waals surface area (Å²) in [7, 11) is 0. The third-order valence-corrected chi connectivity index (χ3v) is 4.90. The molecular formula is C18H20N2O. The minimum atomic E-state index is 0.292. The van der Waals surface area contributed by atoms with Gasteiger partial charge >= 0.3 is 0 Å². The topological polar surface area (TPSA) is 34.9 Å². The van der Waals surface area contributed by atoms with Crippen molar-refractivity contribution >= 4 is 5.78 Å². The highest BCUT2D eigenvalue weighted by molar-refractivity contribution is 5.99. The number of aromatic nitrogens is 2. The van der Waals surface area contributed by atoms with Gasteiger partial charge in [-0.05, 0) is 48.8 Å². The predicted molar refractivity (Wildman–Crippen MR) is 82.3 cm³/mol. The number of benzene rings is 1. The first-order chi connectivity index (χ1) is 10.3. The second-order valence-electron chi connectivity index (χ2n) is 6.40. The van der Waals surface area contributed by atoms with Crippen molar-refractivity contribution in [2.45, 2.75) is 45.1 Å². The quantitative estimate of drug-likeness (QED) is 0.855. The lowest BCUT2D eigenvalue weighted by atomic mass is 9.85. The Hall–Kier alpha value is -1.90. The fourth-order valence-electron chi connectivity index (χ4n) is 3.36. The van der Waals surface area contributed by atoms with Gasteiger partial charge in [-0.25, -0.2) is 0 Å². The third-order valence-electron chi connectivity index (χ3n) is 4.90. The first-order valence-corrected chi connectivity index (χ1v) is 7.98. The summed E-state index contributed by atoms with van der Waals surface area (Å²) in [6.45, 7) is 1.03. The van der Waals surface area contributed by atoms with Crippen LogP contribution in [0.1, 0.15) is 48.0 Å². The number of carbonyl (C=O) groups is 1. The van der Waals surface area contributed by atoms with Crippen LogP contribution in [0.25, 0.3) is 11.1 Å². The smallest absolute Gasteiger partial charge is 0.163 e. The highest BCUT2D eigenvalue weighted by Gasteiger charge is 2.19. The Bertz CT molecular complexity index is 682. The number of hydrogen-bond acceptors (Lipinski definition) is 2. The molecule has 2 aromatic rings. The highest BCUT2D eigenvalue weighted by atomic mass is 16.1. The normalized spacial score (nSPS) is 18.4. The molecule has 0 spiro atoms. The first kappa shape index (κ1) is 12.8. The van der Waals surface area contributed by atoms with Gasteiger partial charge in [0.05, 0.1) is 6.20 Å². The van der Waals surface area contributed by atoms with Crippen LogP contribution in [0.2, 0.25) is 0 Å². The molecule has 108 valence electrons. The van der Waals surface area contributed by atoms with Gasteiger partial charge in [-0.3, -0.25) is 9.48 Å². The lowest BCUT2D eigenvalue weighted by molar-refractivity contribution is 0.0972. The van der Waals surface area contributed by atoms with Crippen LogP contribution in [0.4, 0.5) is 0 Å². The minimum Gasteiger partial charge on any atom is -0.294 e. The van der Waals surface area contributed by atoms with Crippen LogP contribution in [0.15, 0.2) is 30.6 Å². The average molecular weight is 280 g/mol. The Balaban J connectivity index is 1.61. The Morgan fingerprint density at radius 3 is 2.86 bits per heavy atom. The molecule has 0 saturated heterocycles. The fourth-order valence-corrected chi connectivity index (χ4v) is 3.36. The van der Waals surface area contributed by atoms with Crippen LogP contribution < -0.4 is 0 Å². The number of fused-ring (bicyclic) bond motifs is 1. The molecule has 1 saturated carbocycles. The van der Waals surface area contributed by atoms with Gasteiger partial charge in [0.1, 0.15) is 0 Å². The van der Waals surface area contributed by atoms with Gasteiger partial charge in [-0.15, -0.1) is 0 Å². The van der Waals surface area contributed by atoms with Crippen molar-refractivity contribution in [3.05, 3.63) is 41.7 Å². The summed E-state index contributed by atoms with van der Waals surface area (Å²) in [6, 6.07) is 6.30. The molecule has 2 aliphatic rings. The van der Waals surface area contributed by atoms with Gasteiger partial charge in [0.15, 0.2) is 5.78 Å². The second-order valence-corrected chi connectivity index (χ2v) is 6.40. The standard InChI is InChI=1S/C18H20N2O/c21-18-6-2-5-14-7-8-15(9-17(14)18)16-10-19-20(12-16)11-13-3-1-4-13/h7-10,12-13H,1-6,11H2. The molecule has 3 heteroatoms. The summed E-state index contributed by atoms with van der Waals surface area (Å²) in [5.41, 5.74) is 4.36. The maximum Gasteiger partial charge on any atom is 0.163 e. The highest BCUT2D eigenvalue weighted by Crippen LogP contribution is 2.30. The van der Waals surface area contributed by atoms with E-state index in [1.807, 2.05) is 6.20 Å². The van der Waals surface area contributed by atoms with Gasteiger partial charge in [0.25, 0.3) is 0 Å². The summed E-state index contributed by atoms with van der Waals surface area (Å²) >= 11 is 0. The number of aryl methyl sites for hydroxylation is 1. The maximum absolute atomic E-state index is 12.0. The van der Waals surface area contributed by atoms with Crippen molar-refractivity contribution < 1.29 is 4.79 Å². The summed E-state index contributed by atoms with van der Waals surface area (Å²) in [5.74, 6) is 1.10. The number of hydrogen-bond donors (Lipinski definition) is 0. The number of nitrogens with zero attached hydrogens (tertiary/aromatic N) is 2. The van der Waals surface area contributed by atoms with E-state index in [1.165, 1.54) is 24.8 Å². The van der Waals surface area contributed by atoms with E-state index in [0.29, 0.717) is 12.2 Å². The largest absolute Gasteiger partial charge is 0.294 e. The summed E-state index contributed by atoms with van der Waals surface area (Å²) in [4.78, 5) is 12.0. The van der Waals surface area contributed by atoms with Crippen molar-refractivity contribution in [3.8, 4) is 11.1 Å². The molecular weight excluding hydrogens is 260 g/mol. The molecule has 1 heterocycles. The van der Waals surface area contributed by atoms with E-state index >= 15 is 0 Å². The van der Waals surface area contributed by atoms with Crippen LogP contribution in [0.3, 0.4) is 0 Å². The first-order valence-electron chi connectivity index (χ1n) is 7.98. The van der Waals surface area contributed by atoms with Gasteiger partial charge in [-0.1, -0.05) is 18.6 Å². The van der Waals surface area contributed by atoms with E-state index in [9.17, 15) is 4.79 Å². The summed E-state index contributed by atoms with van der Waals surface area (Å²) < 4.78 is 2.06.